The van der Waals surface area contributed by atoms with Crippen LogP contribution in [0.5, 0.6) is 0 Å². The Kier molecular flexibility index (Phi) is 7.41. The molecule has 1 unspecified atom stereocenters. The molecule has 0 aliphatic rings. The largest absolute Gasteiger partial charge is 0.468 e. The highest BCUT2D eigenvalue weighted by Gasteiger charge is 2.39. The first-order valence-electron chi connectivity index (χ1n) is 6.99. The Morgan fingerprint density at radius 2 is 1.54 bits per heavy atom. The van der Waals surface area contributed by atoms with Gasteiger partial charge in [0.15, 0.2) is 11.6 Å². The Morgan fingerprint density at radius 3 is 1.96 bits per heavy atom. The van der Waals surface area contributed by atoms with E-state index in [1.807, 2.05) is 0 Å². The van der Waals surface area contributed by atoms with Gasteiger partial charge < -0.3 is 19.4 Å². The lowest BCUT2D eigenvalue weighted by Crippen LogP contribution is -2.34. The van der Waals surface area contributed by atoms with Gasteiger partial charge in [0.05, 0.1) is 21.3 Å². The average molecular weight is 337 g/mol. The van der Waals surface area contributed by atoms with Crippen LogP contribution in [0.4, 0.5) is 0 Å². The van der Waals surface area contributed by atoms with Crippen LogP contribution in [0.1, 0.15) is 17.9 Å². The van der Waals surface area contributed by atoms with Crippen LogP contribution in [0.15, 0.2) is 35.5 Å². The summed E-state index contributed by atoms with van der Waals surface area (Å²) in [7, 11) is 3.41. The Labute approximate surface area is 139 Å². The van der Waals surface area contributed by atoms with E-state index in [0.29, 0.717) is 5.56 Å². The molecular formula is C16H19NO7. The Hall–Kier alpha value is -2.90. The second-order valence-corrected chi connectivity index (χ2v) is 4.78. The third-order valence-electron chi connectivity index (χ3n) is 3.50. The third kappa shape index (κ3) is 4.55. The first kappa shape index (κ1) is 19.1. The lowest BCUT2D eigenvalue weighted by atomic mass is 9.82. The molecule has 0 aliphatic carbocycles. The zero-order chi connectivity index (χ0) is 18.1. The van der Waals surface area contributed by atoms with E-state index in [2.05, 4.69) is 19.4 Å². The molecule has 8 nitrogen and oxygen atoms in total. The summed E-state index contributed by atoms with van der Waals surface area (Å²) in [5.41, 5.74) is 0.243. The van der Waals surface area contributed by atoms with E-state index in [1.54, 1.807) is 30.3 Å². The number of oxime groups is 1. The minimum absolute atomic E-state index is 0.220. The molecule has 1 N–H and O–H groups in total. The van der Waals surface area contributed by atoms with Crippen molar-refractivity contribution >= 4 is 23.6 Å². The molecule has 1 atom stereocenters. The molecule has 0 saturated heterocycles. The summed E-state index contributed by atoms with van der Waals surface area (Å²) in [5, 5.41) is 12.0. The molecule has 0 radical (unpaired) electrons. The van der Waals surface area contributed by atoms with Crippen molar-refractivity contribution in [3.63, 3.8) is 0 Å². The summed E-state index contributed by atoms with van der Waals surface area (Å²) in [6.45, 7) is 0. The van der Waals surface area contributed by atoms with Crippen LogP contribution in [0.25, 0.3) is 0 Å². The van der Waals surface area contributed by atoms with E-state index in [-0.39, 0.29) is 12.1 Å². The maximum atomic E-state index is 12.1. The van der Waals surface area contributed by atoms with Gasteiger partial charge in [0.1, 0.15) is 0 Å². The van der Waals surface area contributed by atoms with E-state index in [1.165, 1.54) is 0 Å². The van der Waals surface area contributed by atoms with Gasteiger partial charge in [-0.05, 0) is 5.56 Å². The van der Waals surface area contributed by atoms with Gasteiger partial charge >= 0.3 is 17.9 Å². The van der Waals surface area contributed by atoms with E-state index < -0.39 is 29.7 Å². The smallest absolute Gasteiger partial charge is 0.355 e. The fourth-order valence-electron chi connectivity index (χ4n) is 2.30. The number of carbonyl (C=O) groups excluding carboxylic acids is 3. The average Bonchev–Trinajstić information content (AvgIpc) is 2.64. The number of methoxy groups -OCH3 is 3. The van der Waals surface area contributed by atoms with Gasteiger partial charge in [-0.15, -0.1) is 0 Å². The predicted octanol–water partition coefficient (Wildman–Crippen LogP) is 1.13. The Balaban J connectivity index is 3.33. The highest BCUT2D eigenvalue weighted by atomic mass is 16.5. The van der Waals surface area contributed by atoms with Crippen LogP contribution in [0.3, 0.4) is 0 Å². The molecule has 1 rings (SSSR count). The standard InChI is InChI=1S/C16H19NO7/c1-22-14(18)12(17-21)9-11(10-7-5-4-6-8-10)13(15(19)23-2)16(20)24-3/h4-8,11,13,21H,9H2,1-3H3/b17-12-. The van der Waals surface area contributed by atoms with E-state index >= 15 is 0 Å². The number of nitrogens with zero attached hydrogens (tertiary/aromatic N) is 1. The van der Waals surface area contributed by atoms with Crippen molar-refractivity contribution < 1.29 is 33.8 Å². The second-order valence-electron chi connectivity index (χ2n) is 4.78. The van der Waals surface area contributed by atoms with Gasteiger partial charge in [0.2, 0.25) is 0 Å². The Morgan fingerprint density at radius 1 is 1.00 bits per heavy atom. The quantitative estimate of drug-likeness (QED) is 0.198. The summed E-state index contributed by atoms with van der Waals surface area (Å²) in [4.78, 5) is 35.9. The fourth-order valence-corrected chi connectivity index (χ4v) is 2.30. The minimum atomic E-state index is -1.33. The van der Waals surface area contributed by atoms with Crippen LogP contribution < -0.4 is 0 Å². The van der Waals surface area contributed by atoms with Crippen molar-refractivity contribution in [1.29, 1.82) is 0 Å². The number of esters is 3. The molecule has 0 amide bonds. The van der Waals surface area contributed by atoms with Crippen molar-refractivity contribution in [2.45, 2.75) is 12.3 Å². The zero-order valence-electron chi connectivity index (χ0n) is 13.6. The summed E-state index contributed by atoms with van der Waals surface area (Å²) in [5.74, 6) is -4.68. The van der Waals surface area contributed by atoms with Gasteiger partial charge in [-0.25, -0.2) is 4.79 Å². The maximum absolute atomic E-state index is 12.1. The van der Waals surface area contributed by atoms with Gasteiger partial charge in [-0.2, -0.15) is 0 Å². The Bertz CT molecular complexity index is 596. The molecule has 0 fully saturated rings. The zero-order valence-corrected chi connectivity index (χ0v) is 13.6. The molecule has 0 bridgehead atoms. The van der Waals surface area contributed by atoms with Crippen LogP contribution in [0.2, 0.25) is 0 Å². The first-order valence-corrected chi connectivity index (χ1v) is 6.99. The number of hydrogen-bond donors (Lipinski definition) is 1. The molecule has 0 saturated carbocycles. The maximum Gasteiger partial charge on any atom is 0.355 e. The number of benzene rings is 1. The molecule has 0 aliphatic heterocycles. The number of carbonyl (C=O) groups is 3. The monoisotopic (exact) mass is 337 g/mol. The molecule has 1 aromatic carbocycles. The number of ether oxygens (including phenoxy) is 3. The van der Waals surface area contributed by atoms with E-state index in [0.717, 1.165) is 21.3 Å². The van der Waals surface area contributed by atoms with Crippen molar-refractivity contribution in [2.75, 3.05) is 21.3 Å². The second kappa shape index (κ2) is 9.29. The van der Waals surface area contributed by atoms with Crippen molar-refractivity contribution in [1.82, 2.24) is 0 Å². The summed E-state index contributed by atoms with van der Waals surface area (Å²) < 4.78 is 13.9. The van der Waals surface area contributed by atoms with Gasteiger partial charge in [0.25, 0.3) is 0 Å². The van der Waals surface area contributed by atoms with E-state index in [9.17, 15) is 14.4 Å². The molecular weight excluding hydrogens is 318 g/mol. The fraction of sp³-hybridized carbons (Fsp3) is 0.375. The summed E-state index contributed by atoms with van der Waals surface area (Å²) in [6, 6.07) is 8.53. The number of hydrogen-bond acceptors (Lipinski definition) is 8. The van der Waals surface area contributed by atoms with Crippen molar-refractivity contribution in [3.05, 3.63) is 35.9 Å². The highest BCUT2D eigenvalue weighted by Crippen LogP contribution is 2.31. The van der Waals surface area contributed by atoms with Crippen LogP contribution in [-0.4, -0.2) is 50.2 Å². The van der Waals surface area contributed by atoms with Crippen LogP contribution in [0, 0.1) is 5.92 Å². The first-order chi connectivity index (χ1) is 11.5. The molecule has 0 spiro atoms. The third-order valence-corrected chi connectivity index (χ3v) is 3.50. The molecule has 8 heteroatoms. The van der Waals surface area contributed by atoms with Crippen molar-refractivity contribution in [3.8, 4) is 0 Å². The lowest BCUT2D eigenvalue weighted by Gasteiger charge is -2.23. The highest BCUT2D eigenvalue weighted by molar-refractivity contribution is 6.36. The summed E-state index contributed by atoms with van der Waals surface area (Å²) >= 11 is 0. The minimum Gasteiger partial charge on any atom is -0.468 e. The normalized spacial score (nSPS) is 12.4. The topological polar surface area (TPSA) is 111 Å². The van der Waals surface area contributed by atoms with E-state index in [4.69, 9.17) is 5.21 Å². The summed E-state index contributed by atoms with van der Waals surface area (Å²) in [6.07, 6.45) is -0.220. The van der Waals surface area contributed by atoms with Gasteiger partial charge in [0, 0.05) is 12.3 Å². The SMILES string of the molecule is COC(=O)/C(CC(c1ccccc1)C(C(=O)OC)C(=O)OC)=N\O. The van der Waals surface area contributed by atoms with Gasteiger partial charge in [-0.3, -0.25) is 9.59 Å². The molecule has 0 aromatic heterocycles. The number of rotatable bonds is 7. The molecule has 24 heavy (non-hydrogen) atoms. The molecule has 130 valence electrons. The van der Waals surface area contributed by atoms with Crippen LogP contribution in [-0.2, 0) is 28.6 Å². The van der Waals surface area contributed by atoms with Crippen molar-refractivity contribution in [2.24, 2.45) is 11.1 Å². The lowest BCUT2D eigenvalue weighted by molar-refractivity contribution is -0.160. The molecule has 1 aromatic rings. The van der Waals surface area contributed by atoms with Gasteiger partial charge in [-0.1, -0.05) is 35.5 Å². The predicted molar refractivity (Wildman–Crippen MR) is 82.6 cm³/mol. The molecule has 0 heterocycles. The van der Waals surface area contributed by atoms with Crippen LogP contribution >= 0.6 is 0 Å².